The summed E-state index contributed by atoms with van der Waals surface area (Å²) in [5, 5.41) is 2.78. The van der Waals surface area contributed by atoms with Gasteiger partial charge in [-0.3, -0.25) is 28.8 Å². The summed E-state index contributed by atoms with van der Waals surface area (Å²) >= 11 is 0. The molecule has 0 rings (SSSR count). The number of likely N-dealkylation sites (N-methyl/N-ethyl adjacent to an activating group) is 5. The molecule has 0 aliphatic rings. The lowest BCUT2D eigenvalue weighted by molar-refractivity contribution is -0.145. The molecule has 3 N–H and O–H groups in total. The van der Waals surface area contributed by atoms with Crippen molar-refractivity contribution in [2.45, 2.75) is 39.0 Å². The number of nitrogens with two attached hydrogens (primary N) is 1. The van der Waals surface area contributed by atoms with Crippen LogP contribution in [0, 0.1) is 0 Å². The lowest BCUT2D eigenvalue weighted by Crippen LogP contribution is -2.48. The van der Waals surface area contributed by atoms with Crippen LogP contribution in [-0.2, 0) is 28.8 Å². The highest BCUT2D eigenvalue weighted by Crippen LogP contribution is 1.99. The Kier molecular flexibility index (Phi) is 16.5. The third kappa shape index (κ3) is 14.2. The summed E-state index contributed by atoms with van der Waals surface area (Å²) in [6, 6.07) is 0. The van der Waals surface area contributed by atoms with Crippen LogP contribution >= 0.6 is 0 Å². The topological polar surface area (TPSA) is 157 Å². The van der Waals surface area contributed by atoms with Crippen molar-refractivity contribution in [3.8, 4) is 0 Å². The van der Waals surface area contributed by atoms with Crippen molar-refractivity contribution >= 4 is 35.4 Å². The molecule has 0 aliphatic carbocycles. The average molecular weight is 528 g/mol. The van der Waals surface area contributed by atoms with E-state index in [4.69, 9.17) is 5.73 Å². The van der Waals surface area contributed by atoms with Crippen LogP contribution in [0.4, 0.5) is 0 Å². The summed E-state index contributed by atoms with van der Waals surface area (Å²) < 4.78 is 0. The first-order valence-electron chi connectivity index (χ1n) is 12.5. The van der Waals surface area contributed by atoms with Gasteiger partial charge in [0.25, 0.3) is 0 Å². The molecule has 0 aromatic heterocycles. The van der Waals surface area contributed by atoms with E-state index in [0.717, 1.165) is 30.6 Å². The second kappa shape index (κ2) is 18.1. The molecule has 0 aromatic carbocycles. The SMILES string of the molecule is CCCCCCNC(=O)CN(C)C(=O)CN(C)C(=O)CN(C)C(=O)CN(C)C(=O)CN(C)C(=O)CCN. The van der Waals surface area contributed by atoms with Gasteiger partial charge in [0.05, 0.1) is 32.7 Å². The molecule has 37 heavy (non-hydrogen) atoms. The Morgan fingerprint density at radius 3 is 1.32 bits per heavy atom. The summed E-state index contributed by atoms with van der Waals surface area (Å²) in [6.07, 6.45) is 4.26. The van der Waals surface area contributed by atoms with E-state index in [-0.39, 0.29) is 57.5 Å². The Morgan fingerprint density at radius 2 is 0.946 bits per heavy atom. The molecular formula is C24H45N7O6. The van der Waals surface area contributed by atoms with Crippen molar-refractivity contribution < 1.29 is 28.8 Å². The molecule has 0 heterocycles. The Labute approximate surface area is 220 Å². The number of rotatable bonds is 17. The van der Waals surface area contributed by atoms with Crippen LogP contribution in [-0.4, -0.2) is 141 Å². The molecule has 212 valence electrons. The number of hydrogen-bond acceptors (Lipinski definition) is 7. The van der Waals surface area contributed by atoms with Crippen molar-refractivity contribution in [1.82, 2.24) is 29.8 Å². The number of nitrogens with one attached hydrogen (secondary N) is 1. The van der Waals surface area contributed by atoms with Crippen LogP contribution in [0.2, 0.25) is 0 Å². The maximum absolute atomic E-state index is 12.5. The van der Waals surface area contributed by atoms with Crippen molar-refractivity contribution in [2.24, 2.45) is 5.73 Å². The molecule has 0 aliphatic heterocycles. The van der Waals surface area contributed by atoms with Gasteiger partial charge in [0, 0.05) is 54.7 Å². The van der Waals surface area contributed by atoms with Gasteiger partial charge in [-0.1, -0.05) is 26.2 Å². The van der Waals surface area contributed by atoms with E-state index in [1.165, 1.54) is 54.8 Å². The average Bonchev–Trinajstić information content (AvgIpc) is 2.83. The molecule has 0 saturated carbocycles. The van der Waals surface area contributed by atoms with E-state index in [1.807, 2.05) is 0 Å². The normalized spacial score (nSPS) is 10.4. The van der Waals surface area contributed by atoms with E-state index in [0.29, 0.717) is 6.54 Å². The van der Waals surface area contributed by atoms with Gasteiger partial charge >= 0.3 is 0 Å². The highest BCUT2D eigenvalue weighted by Gasteiger charge is 2.23. The minimum Gasteiger partial charge on any atom is -0.355 e. The van der Waals surface area contributed by atoms with Gasteiger partial charge in [-0.25, -0.2) is 0 Å². The molecule has 0 aromatic rings. The van der Waals surface area contributed by atoms with Gasteiger partial charge in [0.15, 0.2) is 0 Å². The second-order valence-corrected chi connectivity index (χ2v) is 9.20. The fraction of sp³-hybridized carbons (Fsp3) is 0.750. The fourth-order valence-corrected chi connectivity index (χ4v) is 3.10. The zero-order valence-corrected chi connectivity index (χ0v) is 23.2. The lowest BCUT2D eigenvalue weighted by atomic mass is 10.2. The van der Waals surface area contributed by atoms with Gasteiger partial charge in [0.2, 0.25) is 35.4 Å². The highest BCUT2D eigenvalue weighted by atomic mass is 16.2. The Hall–Kier alpha value is -3.22. The van der Waals surface area contributed by atoms with Gasteiger partial charge in [-0.2, -0.15) is 0 Å². The smallest absolute Gasteiger partial charge is 0.242 e. The van der Waals surface area contributed by atoms with E-state index in [1.54, 1.807) is 0 Å². The van der Waals surface area contributed by atoms with E-state index in [2.05, 4.69) is 12.2 Å². The van der Waals surface area contributed by atoms with Gasteiger partial charge in [-0.05, 0) is 6.42 Å². The number of amides is 6. The number of hydrogen-bond donors (Lipinski definition) is 2. The zero-order valence-electron chi connectivity index (χ0n) is 23.2. The first kappa shape index (κ1) is 33.8. The highest BCUT2D eigenvalue weighted by molar-refractivity contribution is 5.91. The Bertz CT molecular complexity index is 792. The van der Waals surface area contributed by atoms with Crippen molar-refractivity contribution in [1.29, 1.82) is 0 Å². The monoisotopic (exact) mass is 527 g/mol. The predicted octanol–water partition coefficient (Wildman–Crippen LogP) is -1.68. The molecule has 0 spiro atoms. The number of carbonyl (C=O) groups excluding carboxylic acids is 6. The van der Waals surface area contributed by atoms with Crippen molar-refractivity contribution in [3.05, 3.63) is 0 Å². The van der Waals surface area contributed by atoms with Gasteiger partial charge in [-0.15, -0.1) is 0 Å². The van der Waals surface area contributed by atoms with Crippen LogP contribution in [0.1, 0.15) is 39.0 Å². The predicted molar refractivity (Wildman–Crippen MR) is 139 cm³/mol. The molecule has 0 fully saturated rings. The first-order chi connectivity index (χ1) is 17.3. The maximum Gasteiger partial charge on any atom is 0.242 e. The summed E-state index contributed by atoms with van der Waals surface area (Å²) in [5.74, 6) is -2.34. The van der Waals surface area contributed by atoms with Crippen LogP contribution in [0.3, 0.4) is 0 Å². The van der Waals surface area contributed by atoms with Crippen LogP contribution < -0.4 is 11.1 Å². The third-order valence-electron chi connectivity index (χ3n) is 5.71. The van der Waals surface area contributed by atoms with Crippen molar-refractivity contribution in [2.75, 3.05) is 81.1 Å². The summed E-state index contributed by atoms with van der Waals surface area (Å²) in [6.45, 7) is 1.72. The Balaban J connectivity index is 4.53. The first-order valence-corrected chi connectivity index (χ1v) is 12.5. The molecule has 0 unspecified atom stereocenters. The van der Waals surface area contributed by atoms with E-state index >= 15 is 0 Å². The van der Waals surface area contributed by atoms with E-state index in [9.17, 15) is 28.8 Å². The molecule has 0 bridgehead atoms. The minimum atomic E-state index is -0.479. The molecule has 0 saturated heterocycles. The largest absolute Gasteiger partial charge is 0.355 e. The minimum absolute atomic E-state index is 0.111. The summed E-state index contributed by atoms with van der Waals surface area (Å²) in [5.41, 5.74) is 5.35. The molecule has 13 nitrogen and oxygen atoms in total. The van der Waals surface area contributed by atoms with E-state index < -0.39 is 23.6 Å². The van der Waals surface area contributed by atoms with Crippen LogP contribution in [0.25, 0.3) is 0 Å². The van der Waals surface area contributed by atoms with Crippen molar-refractivity contribution in [3.63, 3.8) is 0 Å². The summed E-state index contributed by atoms with van der Waals surface area (Å²) in [4.78, 5) is 79.5. The standard InChI is InChI=1S/C24H45N7O6/c1-7-8-9-10-13-26-19(32)14-27(2)21(34)16-29(4)23(36)18-31(6)24(37)17-30(5)22(35)15-28(3)20(33)11-12-25/h7-18,25H2,1-6H3,(H,26,32). The second-order valence-electron chi connectivity index (χ2n) is 9.20. The third-order valence-corrected chi connectivity index (χ3v) is 5.71. The number of carbonyl (C=O) groups is 6. The Morgan fingerprint density at radius 1 is 0.568 bits per heavy atom. The number of nitrogens with zero attached hydrogens (tertiary/aromatic N) is 5. The van der Waals surface area contributed by atoms with Crippen LogP contribution in [0.15, 0.2) is 0 Å². The molecule has 0 radical (unpaired) electrons. The molecule has 6 amide bonds. The van der Waals surface area contributed by atoms with Gasteiger partial charge in [0.1, 0.15) is 0 Å². The number of unbranched alkanes of at least 4 members (excludes halogenated alkanes) is 3. The molecule has 0 atom stereocenters. The fourth-order valence-electron chi connectivity index (χ4n) is 3.10. The lowest BCUT2D eigenvalue weighted by Gasteiger charge is -2.26. The maximum atomic E-state index is 12.5. The summed E-state index contributed by atoms with van der Waals surface area (Å²) in [7, 11) is 7.25. The molecular weight excluding hydrogens is 482 g/mol. The van der Waals surface area contributed by atoms with Crippen LogP contribution in [0.5, 0.6) is 0 Å². The zero-order chi connectivity index (χ0) is 28.5. The van der Waals surface area contributed by atoms with Gasteiger partial charge < -0.3 is 35.6 Å². The quantitative estimate of drug-likeness (QED) is 0.214. The molecule has 13 heteroatoms.